The Bertz CT molecular complexity index is 5790. The number of para-hydroxylation sites is 4. The van der Waals surface area contributed by atoms with Gasteiger partial charge in [0, 0.05) is 55.8 Å². The number of hydrogen-bond donors (Lipinski definition) is 1. The van der Waals surface area contributed by atoms with Crippen molar-refractivity contribution in [3.05, 3.63) is 344 Å². The van der Waals surface area contributed by atoms with Gasteiger partial charge in [-0.3, -0.25) is 9.80 Å². The lowest BCUT2D eigenvalue weighted by Gasteiger charge is -2.29. The van der Waals surface area contributed by atoms with Crippen molar-refractivity contribution in [3.8, 4) is 0 Å². The molecule has 0 radical (unpaired) electrons. The molecule has 95 heavy (non-hydrogen) atoms. The van der Waals surface area contributed by atoms with E-state index in [0.29, 0.717) is 11.4 Å². The monoisotopic (exact) mass is 1290 g/mol. The van der Waals surface area contributed by atoms with E-state index in [1.165, 1.54) is 60.6 Å². The fourth-order valence-electron chi connectivity index (χ4n) is 13.2. The lowest BCUT2D eigenvalue weighted by Crippen LogP contribution is -2.13. The van der Waals surface area contributed by atoms with Crippen LogP contribution in [0.3, 0.4) is 0 Å². The highest BCUT2D eigenvalue weighted by Crippen LogP contribution is 2.49. The lowest BCUT2D eigenvalue weighted by atomic mass is 9.91. The second-order valence-corrected chi connectivity index (χ2v) is 24.0. The Hall–Kier alpha value is -12.2. The average molecular weight is 1290 g/mol. The van der Waals surface area contributed by atoms with E-state index in [-0.39, 0.29) is 11.6 Å². The molecule has 0 aliphatic heterocycles. The van der Waals surface area contributed by atoms with E-state index in [4.69, 9.17) is 4.98 Å². The smallest absolute Gasteiger partial charge is 0.147 e. The molecule has 8 nitrogen and oxygen atoms in total. The molecule has 18 rings (SSSR count). The Morgan fingerprint density at radius 3 is 1.19 bits per heavy atom. The zero-order chi connectivity index (χ0) is 63.8. The van der Waals surface area contributed by atoms with E-state index >= 15 is 4.39 Å². The molecular weight excluding hydrogens is 1240 g/mol. The summed E-state index contributed by atoms with van der Waals surface area (Å²) in [6.45, 7) is 0. The number of nitrogens with zero attached hydrogens (tertiary/aromatic N) is 7. The van der Waals surface area contributed by atoms with Gasteiger partial charge in [-0.05, 0) is 179 Å². The molecule has 0 amide bonds. The van der Waals surface area contributed by atoms with E-state index < -0.39 is 0 Å². The largest absolute Gasteiger partial charge is 0.353 e. The van der Waals surface area contributed by atoms with Crippen molar-refractivity contribution in [2.45, 2.75) is 0 Å². The molecule has 11 heteroatoms. The lowest BCUT2D eigenvalue weighted by molar-refractivity contribution is 0.629. The Balaban J connectivity index is 0.000000129. The highest BCUT2D eigenvalue weighted by atomic mass is 79.9. The second kappa shape index (κ2) is 25.1. The maximum absolute atomic E-state index is 15.5. The summed E-state index contributed by atoms with van der Waals surface area (Å²) in [6, 6.07) is 102. The Labute approximate surface area is 554 Å². The topological polar surface area (TPSA) is 73.3 Å². The van der Waals surface area contributed by atoms with Gasteiger partial charge in [0.05, 0.1) is 28.4 Å². The first-order valence-electron chi connectivity index (χ1n) is 31.2. The van der Waals surface area contributed by atoms with Crippen molar-refractivity contribution in [1.29, 1.82) is 0 Å². The minimum Gasteiger partial charge on any atom is -0.353 e. The van der Waals surface area contributed by atoms with Gasteiger partial charge in [0.25, 0.3) is 0 Å². The molecule has 2 aromatic heterocycles. The number of anilines is 11. The zero-order valence-electron chi connectivity index (χ0n) is 50.9. The fraction of sp³-hybridized carbons (Fsp3) is 0. The number of nitrogens with one attached hydrogen (secondary N) is 1. The summed E-state index contributed by atoms with van der Waals surface area (Å²) >= 11 is 3.76. The van der Waals surface area contributed by atoms with E-state index in [1.54, 1.807) is 49.3 Å². The number of aromatic nitrogens is 4. The molecule has 0 spiro atoms. The van der Waals surface area contributed by atoms with Crippen LogP contribution in [0.25, 0.3) is 86.2 Å². The molecule has 0 fully saturated rings. The van der Waals surface area contributed by atoms with Crippen LogP contribution in [0.1, 0.15) is 0 Å². The minimum absolute atomic E-state index is 0.239. The highest BCUT2D eigenvalue weighted by molar-refractivity contribution is 9.10. The number of fused-ring (bicyclic) bond motifs is 2. The average Bonchev–Trinajstić information content (AvgIpc) is 0.732. The van der Waals surface area contributed by atoms with Gasteiger partial charge in [0.1, 0.15) is 35.9 Å². The van der Waals surface area contributed by atoms with Crippen LogP contribution in [0.15, 0.2) is 333 Å². The molecule has 18 aromatic rings. The van der Waals surface area contributed by atoms with Crippen LogP contribution in [0.5, 0.6) is 0 Å². The van der Waals surface area contributed by atoms with E-state index in [9.17, 15) is 4.39 Å². The van der Waals surface area contributed by atoms with Crippen molar-refractivity contribution in [3.63, 3.8) is 0 Å². The quantitative estimate of drug-likeness (QED) is 0.128. The second-order valence-electron chi connectivity index (χ2n) is 23.1. The molecule has 0 aliphatic carbocycles. The molecule has 0 unspecified atom stereocenters. The Morgan fingerprint density at radius 1 is 0.295 bits per heavy atom. The van der Waals surface area contributed by atoms with Crippen LogP contribution in [-0.4, -0.2) is 19.9 Å². The molecule has 452 valence electrons. The third kappa shape index (κ3) is 11.0. The van der Waals surface area contributed by atoms with Crippen LogP contribution in [0.4, 0.5) is 71.6 Å². The predicted molar refractivity (Wildman–Crippen MR) is 394 cm³/mol. The first-order chi connectivity index (χ1) is 46.9. The van der Waals surface area contributed by atoms with Gasteiger partial charge in [-0.2, -0.15) is 0 Å². The fourth-order valence-corrected chi connectivity index (χ4v) is 13.7. The molecular formula is C84H55BrF2N8. The van der Waals surface area contributed by atoms with E-state index in [0.717, 1.165) is 93.6 Å². The maximum Gasteiger partial charge on any atom is 0.147 e. The van der Waals surface area contributed by atoms with Crippen LogP contribution >= 0.6 is 15.9 Å². The Kier molecular flexibility index (Phi) is 15.3. The van der Waals surface area contributed by atoms with Crippen molar-refractivity contribution >= 4 is 165 Å². The first kappa shape index (κ1) is 57.9. The van der Waals surface area contributed by atoms with E-state index in [1.807, 2.05) is 89.8 Å². The summed E-state index contributed by atoms with van der Waals surface area (Å²) in [6.07, 6.45) is 6.77. The van der Waals surface area contributed by atoms with Crippen LogP contribution in [0, 0.1) is 11.6 Å². The van der Waals surface area contributed by atoms with Gasteiger partial charge in [0.15, 0.2) is 0 Å². The summed E-state index contributed by atoms with van der Waals surface area (Å²) in [5.41, 5.74) is 7.87. The number of benzene rings is 16. The third-order valence-electron chi connectivity index (χ3n) is 17.5. The molecule has 0 saturated heterocycles. The Morgan fingerprint density at radius 2 is 0.695 bits per heavy atom. The normalized spacial score (nSPS) is 11.3. The standard InChI is InChI=1S/C42H27FN4.C30H18BrN3.C12H10FN/c43-36-12-6-7-13-39(36)46(32-10-2-1-3-11-32)37-22-17-29-16-21-35-38(23-18-30-15-20-34(37)41(29)42(30)35)47(40-24-25-44-27-45-40)33-19-14-28-8-4-5-9-31(28)26-33;31-26-13-8-20-7-12-25-27(14-9-21-6-11-24(26)29(20)30(21)25)34(28-15-16-32-18-33-28)23-10-5-19-3-1-2-4-22(19)17-23;13-11-8-4-5-9-12(11)14-10-6-2-1-3-7-10/h1-27H;1-18H;1-9,14H. The van der Waals surface area contributed by atoms with Gasteiger partial charge in [-0.1, -0.05) is 210 Å². The summed E-state index contributed by atoms with van der Waals surface area (Å²) in [7, 11) is 0. The van der Waals surface area contributed by atoms with Crippen molar-refractivity contribution < 1.29 is 8.78 Å². The van der Waals surface area contributed by atoms with Crippen molar-refractivity contribution in [1.82, 2.24) is 19.9 Å². The van der Waals surface area contributed by atoms with Crippen LogP contribution in [0.2, 0.25) is 0 Å². The molecule has 0 aliphatic rings. The molecule has 0 atom stereocenters. The summed E-state index contributed by atoms with van der Waals surface area (Å²) in [5, 5.41) is 21.9. The van der Waals surface area contributed by atoms with Crippen molar-refractivity contribution in [2.75, 3.05) is 20.0 Å². The third-order valence-corrected chi connectivity index (χ3v) is 18.2. The molecule has 0 bridgehead atoms. The highest BCUT2D eigenvalue weighted by Gasteiger charge is 2.25. The molecule has 1 N–H and O–H groups in total. The predicted octanol–water partition coefficient (Wildman–Crippen LogP) is 23.9. The molecule has 2 heterocycles. The van der Waals surface area contributed by atoms with E-state index in [2.05, 4.69) is 228 Å². The maximum atomic E-state index is 15.5. The van der Waals surface area contributed by atoms with Gasteiger partial charge >= 0.3 is 0 Å². The van der Waals surface area contributed by atoms with Gasteiger partial charge < -0.3 is 10.2 Å². The van der Waals surface area contributed by atoms with Gasteiger partial charge in [0.2, 0.25) is 0 Å². The zero-order valence-corrected chi connectivity index (χ0v) is 52.5. The molecule has 0 saturated carbocycles. The van der Waals surface area contributed by atoms with Gasteiger partial charge in [-0.25, -0.2) is 28.7 Å². The first-order valence-corrected chi connectivity index (χ1v) is 32.0. The summed E-state index contributed by atoms with van der Waals surface area (Å²) < 4.78 is 29.8. The van der Waals surface area contributed by atoms with Crippen molar-refractivity contribution in [2.24, 2.45) is 0 Å². The minimum atomic E-state index is -0.278. The summed E-state index contributed by atoms with van der Waals surface area (Å²) in [5.74, 6) is 1.10. The van der Waals surface area contributed by atoms with Gasteiger partial charge in [-0.15, -0.1) is 0 Å². The van der Waals surface area contributed by atoms with Crippen LogP contribution in [-0.2, 0) is 0 Å². The molecule has 16 aromatic carbocycles. The summed E-state index contributed by atoms with van der Waals surface area (Å²) in [4.78, 5) is 24.2. The number of hydrogen-bond acceptors (Lipinski definition) is 8. The SMILES string of the molecule is Brc1ccc2ccc3c(N(c4ccc5ccccc5c4)c4ccncn4)ccc4ccc1c2c43.Fc1ccccc1N(c1ccccc1)c1ccc2ccc3c(N(c4ccc5ccccc5c4)c4ccncn4)ccc4ccc1c2c43.Fc1ccccc1Nc1ccccc1. The van der Waals surface area contributed by atoms with Crippen LogP contribution < -0.4 is 20.0 Å². The number of halogens is 3. The number of rotatable bonds is 11.